The van der Waals surface area contributed by atoms with Crippen LogP contribution in [0, 0.1) is 0 Å². The standard InChI is InChI=1S/C14H21NO10/c1-6(17)14(25-9(4)20,12(23)11(22)10(21)5-16)13(24)15(7(2)18)8(3)19/h10-12,16,21-23H,5H2,1-4H3/t10-,11-,12+,14-/m1/s1. The topological polar surface area (TPSA) is 179 Å². The first-order valence-corrected chi connectivity index (χ1v) is 7.05. The minimum absolute atomic E-state index is 0.0500. The molecule has 3 amide bonds. The number of ether oxygens (including phenoxy) is 1. The van der Waals surface area contributed by atoms with Gasteiger partial charge in [-0.3, -0.25) is 24.0 Å². The van der Waals surface area contributed by atoms with E-state index in [0.717, 1.165) is 20.8 Å². The van der Waals surface area contributed by atoms with Crippen molar-refractivity contribution in [3.8, 4) is 0 Å². The zero-order valence-electron chi connectivity index (χ0n) is 14.1. The first-order chi connectivity index (χ1) is 11.3. The van der Waals surface area contributed by atoms with Crippen molar-refractivity contribution in [2.24, 2.45) is 0 Å². The molecule has 0 bridgehead atoms. The van der Waals surface area contributed by atoms with E-state index >= 15 is 0 Å². The molecule has 0 aromatic heterocycles. The second-order valence-corrected chi connectivity index (χ2v) is 5.25. The predicted molar refractivity (Wildman–Crippen MR) is 78.5 cm³/mol. The maximum absolute atomic E-state index is 12.7. The molecule has 0 saturated heterocycles. The summed E-state index contributed by atoms with van der Waals surface area (Å²) in [6.07, 6.45) is -6.91. The molecule has 0 unspecified atom stereocenters. The SMILES string of the molecule is CC(=O)O[C@@](C(C)=O)(C(=O)N(C(C)=O)C(C)=O)[C@@H](O)[C@H](O)[C@H](O)CO. The lowest BCUT2D eigenvalue weighted by Gasteiger charge is -2.38. The van der Waals surface area contributed by atoms with Crippen molar-refractivity contribution < 1.29 is 49.1 Å². The van der Waals surface area contributed by atoms with E-state index in [1.807, 2.05) is 0 Å². The lowest BCUT2D eigenvalue weighted by molar-refractivity contribution is -0.203. The van der Waals surface area contributed by atoms with Gasteiger partial charge in [0, 0.05) is 20.8 Å². The van der Waals surface area contributed by atoms with Gasteiger partial charge in [0.05, 0.1) is 6.61 Å². The van der Waals surface area contributed by atoms with Crippen molar-refractivity contribution in [1.29, 1.82) is 0 Å². The number of aliphatic hydroxyl groups is 4. The number of imide groups is 3. The lowest BCUT2D eigenvalue weighted by atomic mass is 9.85. The highest BCUT2D eigenvalue weighted by Gasteiger charge is 2.59. The van der Waals surface area contributed by atoms with E-state index < -0.39 is 60.0 Å². The molecule has 0 aromatic carbocycles. The van der Waals surface area contributed by atoms with E-state index in [1.165, 1.54) is 0 Å². The summed E-state index contributed by atoms with van der Waals surface area (Å²) in [4.78, 5) is 59.2. The summed E-state index contributed by atoms with van der Waals surface area (Å²) in [6, 6.07) is 0. The third-order valence-electron chi connectivity index (χ3n) is 3.30. The number of carbonyl (C=O) groups excluding carboxylic acids is 5. The van der Waals surface area contributed by atoms with Crippen LogP contribution in [0.5, 0.6) is 0 Å². The van der Waals surface area contributed by atoms with Crippen LogP contribution in [0.3, 0.4) is 0 Å². The number of aliphatic hydroxyl groups excluding tert-OH is 4. The molecule has 0 saturated carbocycles. The first kappa shape index (κ1) is 22.8. The third-order valence-corrected chi connectivity index (χ3v) is 3.30. The van der Waals surface area contributed by atoms with Gasteiger partial charge < -0.3 is 25.2 Å². The fraction of sp³-hybridized carbons (Fsp3) is 0.643. The van der Waals surface area contributed by atoms with Crippen molar-refractivity contribution in [3.63, 3.8) is 0 Å². The van der Waals surface area contributed by atoms with Gasteiger partial charge in [-0.1, -0.05) is 0 Å². The Hall–Kier alpha value is -2.21. The van der Waals surface area contributed by atoms with Gasteiger partial charge in [0.25, 0.3) is 11.5 Å². The molecule has 0 fully saturated rings. The van der Waals surface area contributed by atoms with Gasteiger partial charge in [-0.15, -0.1) is 0 Å². The summed E-state index contributed by atoms with van der Waals surface area (Å²) in [5, 5.41) is 38.4. The molecule has 0 radical (unpaired) electrons. The zero-order chi connectivity index (χ0) is 20.1. The maximum atomic E-state index is 12.7. The number of nitrogens with zero attached hydrogens (tertiary/aromatic N) is 1. The van der Waals surface area contributed by atoms with E-state index in [9.17, 15) is 39.3 Å². The highest BCUT2D eigenvalue weighted by molar-refractivity contribution is 6.20. The van der Waals surface area contributed by atoms with Crippen LogP contribution in [0.15, 0.2) is 0 Å². The molecule has 11 nitrogen and oxygen atoms in total. The molecule has 0 rings (SSSR count). The van der Waals surface area contributed by atoms with Gasteiger partial charge in [-0.05, 0) is 6.92 Å². The summed E-state index contributed by atoms with van der Waals surface area (Å²) in [7, 11) is 0. The van der Waals surface area contributed by atoms with E-state index in [1.54, 1.807) is 0 Å². The molecule has 0 spiro atoms. The molecule has 11 heteroatoms. The number of ketones is 1. The number of rotatable bonds is 7. The van der Waals surface area contributed by atoms with E-state index in [0.29, 0.717) is 6.92 Å². The molecule has 0 aliphatic heterocycles. The molecule has 0 aliphatic rings. The molecule has 25 heavy (non-hydrogen) atoms. The van der Waals surface area contributed by atoms with Gasteiger partial charge >= 0.3 is 5.97 Å². The Bertz CT molecular complexity index is 560. The number of carbonyl (C=O) groups is 5. The average molecular weight is 363 g/mol. The monoisotopic (exact) mass is 363 g/mol. The van der Waals surface area contributed by atoms with E-state index in [4.69, 9.17) is 5.11 Å². The second kappa shape index (κ2) is 8.76. The third kappa shape index (κ3) is 4.66. The van der Waals surface area contributed by atoms with Gasteiger partial charge in [-0.25, -0.2) is 4.90 Å². The normalized spacial score (nSPS) is 16.8. The Kier molecular flexibility index (Phi) is 7.99. The van der Waals surface area contributed by atoms with Crippen LogP contribution in [0.2, 0.25) is 0 Å². The molecular weight excluding hydrogens is 342 g/mol. The molecule has 142 valence electrons. The van der Waals surface area contributed by atoms with E-state index in [2.05, 4.69) is 4.74 Å². The fourth-order valence-corrected chi connectivity index (χ4v) is 2.12. The number of esters is 1. The van der Waals surface area contributed by atoms with Crippen molar-refractivity contribution in [2.45, 2.75) is 51.6 Å². The Morgan fingerprint density at radius 3 is 1.68 bits per heavy atom. The largest absolute Gasteiger partial charge is 0.438 e. The van der Waals surface area contributed by atoms with Crippen LogP contribution in [-0.2, 0) is 28.7 Å². The second-order valence-electron chi connectivity index (χ2n) is 5.25. The summed E-state index contributed by atoms with van der Waals surface area (Å²) in [5.74, 6) is -6.57. The minimum Gasteiger partial charge on any atom is -0.438 e. The summed E-state index contributed by atoms with van der Waals surface area (Å²) < 4.78 is 4.63. The molecule has 0 aromatic rings. The van der Waals surface area contributed by atoms with E-state index in [-0.39, 0.29) is 4.90 Å². The van der Waals surface area contributed by atoms with Gasteiger partial charge in [0.15, 0.2) is 5.78 Å². The molecule has 0 heterocycles. The number of hydrogen-bond acceptors (Lipinski definition) is 10. The summed E-state index contributed by atoms with van der Waals surface area (Å²) in [5.41, 5.74) is -3.18. The Balaban J connectivity index is 6.45. The molecule has 4 atom stereocenters. The van der Waals surface area contributed by atoms with Crippen LogP contribution < -0.4 is 0 Å². The van der Waals surface area contributed by atoms with Crippen LogP contribution in [-0.4, -0.2) is 85.3 Å². The Morgan fingerprint density at radius 2 is 1.40 bits per heavy atom. The molecule has 0 aliphatic carbocycles. The number of hydrogen-bond donors (Lipinski definition) is 4. The van der Waals surface area contributed by atoms with Crippen molar-refractivity contribution in [2.75, 3.05) is 6.61 Å². The molecular formula is C14H21NO10. The summed E-state index contributed by atoms with van der Waals surface area (Å²) in [6.45, 7) is 2.04. The number of amides is 3. The minimum atomic E-state index is -3.18. The zero-order valence-corrected chi connectivity index (χ0v) is 14.1. The number of Topliss-reactive ketones (excluding diaryl/α,β-unsaturated/α-hetero) is 1. The smallest absolute Gasteiger partial charge is 0.304 e. The lowest BCUT2D eigenvalue weighted by Crippen LogP contribution is -2.68. The van der Waals surface area contributed by atoms with Crippen molar-refractivity contribution >= 4 is 29.5 Å². The average Bonchev–Trinajstić information content (AvgIpc) is 2.48. The van der Waals surface area contributed by atoms with Crippen molar-refractivity contribution in [1.82, 2.24) is 4.90 Å². The van der Waals surface area contributed by atoms with Crippen LogP contribution in [0.1, 0.15) is 27.7 Å². The van der Waals surface area contributed by atoms with Gasteiger partial charge in [0.1, 0.15) is 18.3 Å². The quantitative estimate of drug-likeness (QED) is 0.267. The first-order valence-electron chi connectivity index (χ1n) is 7.05. The fourth-order valence-electron chi connectivity index (χ4n) is 2.12. The Labute approximate surface area is 142 Å². The maximum Gasteiger partial charge on any atom is 0.304 e. The Morgan fingerprint density at radius 1 is 0.960 bits per heavy atom. The highest BCUT2D eigenvalue weighted by atomic mass is 16.6. The summed E-state index contributed by atoms with van der Waals surface area (Å²) >= 11 is 0. The molecule has 4 N–H and O–H groups in total. The van der Waals surface area contributed by atoms with Crippen LogP contribution in [0.4, 0.5) is 0 Å². The van der Waals surface area contributed by atoms with Crippen LogP contribution in [0.25, 0.3) is 0 Å². The van der Waals surface area contributed by atoms with Gasteiger partial charge in [0.2, 0.25) is 11.8 Å². The predicted octanol–water partition coefficient (Wildman–Crippen LogP) is -3.13. The van der Waals surface area contributed by atoms with Gasteiger partial charge in [-0.2, -0.15) is 0 Å². The van der Waals surface area contributed by atoms with Crippen molar-refractivity contribution in [3.05, 3.63) is 0 Å². The highest BCUT2D eigenvalue weighted by Crippen LogP contribution is 2.26. The van der Waals surface area contributed by atoms with Crippen LogP contribution >= 0.6 is 0 Å².